The van der Waals surface area contributed by atoms with Gasteiger partial charge in [-0.2, -0.15) is 18.2 Å². The van der Waals surface area contributed by atoms with Crippen LogP contribution in [-0.4, -0.2) is 29.6 Å². The molecular formula is C17H22F3N4O4P. The van der Waals surface area contributed by atoms with Crippen molar-refractivity contribution in [3.63, 3.8) is 0 Å². The summed E-state index contributed by atoms with van der Waals surface area (Å²) < 4.78 is 65.4. The molecule has 1 heterocycles. The number of benzene rings is 1. The summed E-state index contributed by atoms with van der Waals surface area (Å²) in [4.78, 5) is 15.5. The van der Waals surface area contributed by atoms with E-state index in [1.807, 2.05) is 0 Å². The average molecular weight is 434 g/mol. The lowest BCUT2D eigenvalue weighted by atomic mass is 10.1. The Bertz CT molecular complexity index is 987. The number of aryl methyl sites for hydroxylation is 1. The van der Waals surface area contributed by atoms with Crippen LogP contribution >= 0.6 is 7.60 Å². The molecule has 0 saturated heterocycles. The fourth-order valence-electron chi connectivity index (χ4n) is 2.94. The second kappa shape index (κ2) is 8.56. The Kier molecular flexibility index (Phi) is 6.77. The van der Waals surface area contributed by atoms with Crippen molar-refractivity contribution in [2.45, 2.75) is 26.2 Å². The van der Waals surface area contributed by atoms with Crippen LogP contribution in [0.4, 0.5) is 13.2 Å². The number of halogens is 3. The number of hydrogen-bond donors (Lipinski definition) is 2. The molecule has 0 spiro atoms. The van der Waals surface area contributed by atoms with Gasteiger partial charge in [-0.3, -0.25) is 9.36 Å². The Morgan fingerprint density at radius 3 is 2.24 bits per heavy atom. The second-order valence-corrected chi connectivity index (χ2v) is 8.16. The van der Waals surface area contributed by atoms with Gasteiger partial charge in [0.25, 0.3) is 5.91 Å². The van der Waals surface area contributed by atoms with E-state index >= 15 is 0 Å². The molecule has 0 radical (unpaired) electrons. The molecule has 29 heavy (non-hydrogen) atoms. The number of hydrogen-bond acceptors (Lipinski definition) is 4. The molecule has 2 aromatic rings. The van der Waals surface area contributed by atoms with Crippen molar-refractivity contribution < 1.29 is 31.6 Å². The average Bonchev–Trinajstić information content (AvgIpc) is 2.90. The predicted molar refractivity (Wildman–Crippen MR) is 103 cm³/mol. The Balaban J connectivity index is 2.69. The van der Waals surface area contributed by atoms with Gasteiger partial charge in [0, 0.05) is 18.0 Å². The van der Waals surface area contributed by atoms with Crippen LogP contribution in [0.15, 0.2) is 23.2 Å². The fraction of sp³-hybridized carbons (Fsp3) is 0.412. The van der Waals surface area contributed by atoms with E-state index in [2.05, 4.69) is 4.99 Å². The van der Waals surface area contributed by atoms with Crippen molar-refractivity contribution in [3.8, 4) is 0 Å². The van der Waals surface area contributed by atoms with Gasteiger partial charge >= 0.3 is 13.8 Å². The minimum absolute atomic E-state index is 0.0764. The number of carbonyl (C=O) groups is 1. The smallest absolute Gasteiger partial charge is 0.370 e. The van der Waals surface area contributed by atoms with Crippen LogP contribution < -0.4 is 11.5 Å². The number of guanidine groups is 1. The topological polar surface area (TPSA) is 122 Å². The Hall–Kier alpha value is -2.36. The van der Waals surface area contributed by atoms with Crippen LogP contribution in [0.1, 0.15) is 35.5 Å². The maximum Gasteiger partial charge on any atom is 0.417 e. The van der Waals surface area contributed by atoms with E-state index in [4.69, 9.17) is 20.5 Å². The van der Waals surface area contributed by atoms with Gasteiger partial charge in [-0.25, -0.2) is 0 Å². The summed E-state index contributed by atoms with van der Waals surface area (Å²) in [5.41, 5.74) is 9.45. The molecule has 0 aliphatic heterocycles. The molecule has 0 aliphatic carbocycles. The third-order valence-corrected chi connectivity index (χ3v) is 6.06. The molecule has 0 fully saturated rings. The van der Waals surface area contributed by atoms with Gasteiger partial charge in [0.1, 0.15) is 5.69 Å². The van der Waals surface area contributed by atoms with Gasteiger partial charge in [0.2, 0.25) is 0 Å². The number of rotatable bonds is 7. The zero-order chi connectivity index (χ0) is 22.0. The molecule has 4 N–H and O–H groups in total. The van der Waals surface area contributed by atoms with E-state index in [0.717, 1.165) is 12.1 Å². The van der Waals surface area contributed by atoms with Crippen molar-refractivity contribution in [2.24, 2.45) is 23.5 Å². The molecule has 8 nitrogen and oxygen atoms in total. The Morgan fingerprint density at radius 1 is 1.17 bits per heavy atom. The first-order chi connectivity index (χ1) is 13.4. The number of aliphatic imine (C=N–C) groups is 1. The standard InChI is InChI=1S/C17H22F3N4O4P/c1-4-27-29(26,28-5-2)9-10-6-12(17(18,19)20)11-8-14(15(25)23-16(21)22)24(3)13(11)7-10/h6-8H,4-5,9H2,1-3H3,(H4,21,22,23,25). The quantitative estimate of drug-likeness (QED) is 0.391. The fourth-order valence-corrected chi connectivity index (χ4v) is 4.61. The summed E-state index contributed by atoms with van der Waals surface area (Å²) >= 11 is 0. The van der Waals surface area contributed by atoms with Crippen LogP contribution in [0.5, 0.6) is 0 Å². The summed E-state index contributed by atoms with van der Waals surface area (Å²) in [7, 11) is -2.23. The lowest BCUT2D eigenvalue weighted by Crippen LogP contribution is -2.24. The number of aromatic nitrogens is 1. The van der Waals surface area contributed by atoms with Crippen LogP contribution in [0, 0.1) is 0 Å². The molecule has 0 unspecified atom stereocenters. The number of nitrogens with zero attached hydrogens (tertiary/aromatic N) is 2. The van der Waals surface area contributed by atoms with Crippen LogP contribution in [0.3, 0.4) is 0 Å². The zero-order valence-electron chi connectivity index (χ0n) is 16.1. The van der Waals surface area contributed by atoms with Gasteiger partial charge in [-0.15, -0.1) is 0 Å². The number of fused-ring (bicyclic) bond motifs is 1. The highest BCUT2D eigenvalue weighted by molar-refractivity contribution is 7.53. The van der Waals surface area contributed by atoms with Gasteiger partial charge in [-0.1, -0.05) is 0 Å². The van der Waals surface area contributed by atoms with Crippen molar-refractivity contribution in [3.05, 3.63) is 35.0 Å². The van der Waals surface area contributed by atoms with E-state index in [9.17, 15) is 22.5 Å². The van der Waals surface area contributed by atoms with E-state index < -0.39 is 31.2 Å². The molecule has 0 bridgehead atoms. The summed E-state index contributed by atoms with van der Waals surface area (Å²) in [6, 6.07) is 3.35. The second-order valence-electron chi connectivity index (χ2n) is 6.11. The molecule has 160 valence electrons. The summed E-state index contributed by atoms with van der Waals surface area (Å²) in [6.07, 6.45) is -5.07. The summed E-state index contributed by atoms with van der Waals surface area (Å²) in [6.45, 7) is 3.36. The SMILES string of the molecule is CCOP(=O)(Cc1cc(C(F)(F)F)c2cc(C(=O)N=C(N)N)n(C)c2c1)OCC. The van der Waals surface area contributed by atoms with E-state index in [-0.39, 0.29) is 41.5 Å². The predicted octanol–water partition coefficient (Wildman–Crippen LogP) is 3.38. The molecule has 1 aromatic carbocycles. The lowest BCUT2D eigenvalue weighted by Gasteiger charge is -2.18. The first kappa shape index (κ1) is 22.9. The highest BCUT2D eigenvalue weighted by Crippen LogP contribution is 2.52. The molecule has 1 amide bonds. The summed E-state index contributed by atoms with van der Waals surface area (Å²) in [5, 5.41) is -0.208. The van der Waals surface area contributed by atoms with Crippen LogP contribution in [0.25, 0.3) is 10.9 Å². The van der Waals surface area contributed by atoms with E-state index in [1.165, 1.54) is 17.7 Å². The monoisotopic (exact) mass is 434 g/mol. The lowest BCUT2D eigenvalue weighted by molar-refractivity contribution is -0.136. The minimum atomic E-state index is -4.71. The number of nitrogens with two attached hydrogens (primary N) is 2. The largest absolute Gasteiger partial charge is 0.417 e. The minimum Gasteiger partial charge on any atom is -0.370 e. The van der Waals surface area contributed by atoms with E-state index in [1.54, 1.807) is 13.8 Å². The van der Waals surface area contributed by atoms with Crippen LogP contribution in [0.2, 0.25) is 0 Å². The molecule has 0 aliphatic rings. The number of amides is 1. The van der Waals surface area contributed by atoms with Gasteiger partial charge in [-0.05, 0) is 37.6 Å². The maximum absolute atomic E-state index is 13.7. The van der Waals surface area contributed by atoms with Crippen molar-refractivity contribution in [2.75, 3.05) is 13.2 Å². The first-order valence-electron chi connectivity index (χ1n) is 8.63. The van der Waals surface area contributed by atoms with Crippen molar-refractivity contribution in [1.29, 1.82) is 0 Å². The molecule has 0 atom stereocenters. The Morgan fingerprint density at radius 2 is 1.76 bits per heavy atom. The third-order valence-electron chi connectivity index (χ3n) is 4.00. The Labute approximate surface area is 165 Å². The van der Waals surface area contributed by atoms with Gasteiger partial charge in [0.05, 0.1) is 24.9 Å². The van der Waals surface area contributed by atoms with Crippen molar-refractivity contribution >= 4 is 30.4 Å². The third kappa shape index (κ3) is 5.17. The molecule has 1 aromatic heterocycles. The highest BCUT2D eigenvalue weighted by atomic mass is 31.2. The molecule has 12 heteroatoms. The van der Waals surface area contributed by atoms with Crippen molar-refractivity contribution in [1.82, 2.24) is 4.57 Å². The maximum atomic E-state index is 13.7. The number of carbonyl (C=O) groups excluding carboxylic acids is 1. The first-order valence-corrected chi connectivity index (χ1v) is 10.4. The van der Waals surface area contributed by atoms with Gasteiger partial charge in [0.15, 0.2) is 5.96 Å². The normalized spacial score (nSPS) is 12.3. The molecule has 0 saturated carbocycles. The van der Waals surface area contributed by atoms with Gasteiger partial charge < -0.3 is 25.1 Å². The highest BCUT2D eigenvalue weighted by Gasteiger charge is 2.35. The zero-order valence-corrected chi connectivity index (χ0v) is 17.0. The number of alkyl halides is 3. The van der Waals surface area contributed by atoms with E-state index in [0.29, 0.717) is 0 Å². The van der Waals surface area contributed by atoms with Crippen LogP contribution in [-0.2, 0) is 33.0 Å². The molecule has 2 rings (SSSR count). The summed E-state index contributed by atoms with van der Waals surface area (Å²) in [5.74, 6) is -1.39. The molecular weight excluding hydrogens is 412 g/mol.